The molecule has 0 spiro atoms. The van der Waals surface area contributed by atoms with Gasteiger partial charge in [-0.05, 0) is 26.7 Å². The van der Waals surface area contributed by atoms with Gasteiger partial charge in [-0.3, -0.25) is 4.79 Å². The van der Waals surface area contributed by atoms with Gasteiger partial charge in [0.15, 0.2) is 0 Å². The van der Waals surface area contributed by atoms with Crippen LogP contribution in [0, 0.1) is 0 Å². The summed E-state index contributed by atoms with van der Waals surface area (Å²) in [7, 11) is 1.75. The van der Waals surface area contributed by atoms with Crippen LogP contribution in [0.4, 0.5) is 0 Å². The van der Waals surface area contributed by atoms with Gasteiger partial charge >= 0.3 is 0 Å². The van der Waals surface area contributed by atoms with E-state index < -0.39 is 5.60 Å². The third-order valence-electron chi connectivity index (χ3n) is 1.94. The van der Waals surface area contributed by atoms with Gasteiger partial charge in [0.1, 0.15) is 5.60 Å². The number of nitrogens with zero attached hydrogens (tertiary/aromatic N) is 1. The van der Waals surface area contributed by atoms with Crippen molar-refractivity contribution in [2.24, 2.45) is 0 Å². The Hall–Kier alpha value is -0.570. The molecule has 0 aliphatic heterocycles. The molecule has 1 rings (SSSR count). The number of carbonyl (C=O) groups is 1. The molecule has 64 valence electrons. The van der Waals surface area contributed by atoms with Gasteiger partial charge < -0.3 is 10.0 Å². The summed E-state index contributed by atoms with van der Waals surface area (Å²) in [5.74, 6) is -0.181. The Morgan fingerprint density at radius 2 is 2.00 bits per heavy atom. The fraction of sp³-hybridized carbons (Fsp3) is 0.875. The highest BCUT2D eigenvalue weighted by atomic mass is 16.3. The largest absolute Gasteiger partial charge is 0.381 e. The van der Waals surface area contributed by atoms with Crippen molar-refractivity contribution in [3.05, 3.63) is 0 Å². The summed E-state index contributed by atoms with van der Waals surface area (Å²) >= 11 is 0. The average molecular weight is 157 g/mol. The first-order chi connectivity index (χ1) is 4.93. The summed E-state index contributed by atoms with van der Waals surface area (Å²) in [6.07, 6.45) is 2.16. The first-order valence-corrected chi connectivity index (χ1v) is 3.92. The third kappa shape index (κ3) is 1.93. The molecule has 0 saturated heterocycles. The fourth-order valence-corrected chi connectivity index (χ4v) is 1.06. The van der Waals surface area contributed by atoms with Crippen LogP contribution in [0.25, 0.3) is 0 Å². The zero-order valence-electron chi connectivity index (χ0n) is 7.29. The van der Waals surface area contributed by atoms with Gasteiger partial charge in [0.25, 0.3) is 5.91 Å². The normalized spacial score (nSPS) is 18.2. The summed E-state index contributed by atoms with van der Waals surface area (Å²) in [5, 5.41) is 9.34. The Kier molecular flexibility index (Phi) is 1.92. The van der Waals surface area contributed by atoms with Crippen LogP contribution in [-0.2, 0) is 4.79 Å². The molecule has 1 aliphatic rings. The molecule has 1 amide bonds. The Bertz CT molecular complexity index is 167. The van der Waals surface area contributed by atoms with E-state index in [1.54, 1.807) is 11.9 Å². The van der Waals surface area contributed by atoms with E-state index in [1.165, 1.54) is 13.8 Å². The topological polar surface area (TPSA) is 40.5 Å². The van der Waals surface area contributed by atoms with Crippen LogP contribution in [0.15, 0.2) is 0 Å². The SMILES string of the molecule is CN(C(=O)C(C)(C)O)C1CC1. The Labute approximate surface area is 67.0 Å². The Balaban J connectivity index is 2.52. The van der Waals surface area contributed by atoms with Gasteiger partial charge in [-0.2, -0.15) is 0 Å². The van der Waals surface area contributed by atoms with Crippen molar-refractivity contribution in [2.45, 2.75) is 38.3 Å². The van der Waals surface area contributed by atoms with Crippen molar-refractivity contribution in [1.82, 2.24) is 4.90 Å². The van der Waals surface area contributed by atoms with E-state index >= 15 is 0 Å². The molecule has 1 fully saturated rings. The third-order valence-corrected chi connectivity index (χ3v) is 1.94. The van der Waals surface area contributed by atoms with E-state index in [2.05, 4.69) is 0 Å². The highest BCUT2D eigenvalue weighted by molar-refractivity contribution is 5.84. The van der Waals surface area contributed by atoms with Crippen LogP contribution in [0.1, 0.15) is 26.7 Å². The van der Waals surface area contributed by atoms with E-state index in [1.807, 2.05) is 0 Å². The molecule has 0 atom stereocenters. The minimum absolute atomic E-state index is 0.181. The van der Waals surface area contributed by atoms with Crippen molar-refractivity contribution in [3.63, 3.8) is 0 Å². The second kappa shape index (κ2) is 2.48. The molecule has 3 nitrogen and oxygen atoms in total. The van der Waals surface area contributed by atoms with Crippen molar-refractivity contribution < 1.29 is 9.90 Å². The molecule has 1 N–H and O–H groups in total. The quantitative estimate of drug-likeness (QED) is 0.629. The molecule has 1 aliphatic carbocycles. The Morgan fingerprint density at radius 1 is 1.55 bits per heavy atom. The van der Waals surface area contributed by atoms with Crippen molar-refractivity contribution in [1.29, 1.82) is 0 Å². The lowest BCUT2D eigenvalue weighted by Crippen LogP contribution is -2.44. The average Bonchev–Trinajstić information content (AvgIpc) is 2.63. The number of hydrogen-bond acceptors (Lipinski definition) is 2. The minimum atomic E-state index is -1.21. The van der Waals surface area contributed by atoms with Gasteiger partial charge in [-0.25, -0.2) is 0 Å². The maximum Gasteiger partial charge on any atom is 0.253 e. The van der Waals surface area contributed by atoms with Crippen molar-refractivity contribution >= 4 is 5.91 Å². The molecule has 0 aromatic carbocycles. The zero-order valence-corrected chi connectivity index (χ0v) is 7.29. The van der Waals surface area contributed by atoms with E-state index in [0.717, 1.165) is 12.8 Å². The second-order valence-electron chi connectivity index (χ2n) is 3.71. The molecule has 0 aromatic rings. The molecular weight excluding hydrogens is 142 g/mol. The maximum atomic E-state index is 11.3. The number of carbonyl (C=O) groups excluding carboxylic acids is 1. The first-order valence-electron chi connectivity index (χ1n) is 3.92. The molecule has 0 aromatic heterocycles. The van der Waals surface area contributed by atoms with Gasteiger partial charge in [0.05, 0.1) is 0 Å². The molecule has 3 heteroatoms. The van der Waals surface area contributed by atoms with E-state index in [4.69, 9.17) is 0 Å². The number of aliphatic hydroxyl groups is 1. The maximum absolute atomic E-state index is 11.3. The van der Waals surface area contributed by atoms with Crippen LogP contribution in [0.5, 0.6) is 0 Å². The van der Waals surface area contributed by atoms with E-state index in [9.17, 15) is 9.90 Å². The lowest BCUT2D eigenvalue weighted by atomic mass is 10.1. The first kappa shape index (κ1) is 8.53. The van der Waals surface area contributed by atoms with E-state index in [-0.39, 0.29) is 5.91 Å². The van der Waals surface area contributed by atoms with Crippen molar-refractivity contribution in [3.8, 4) is 0 Å². The van der Waals surface area contributed by atoms with Gasteiger partial charge in [-0.1, -0.05) is 0 Å². The van der Waals surface area contributed by atoms with Crippen LogP contribution >= 0.6 is 0 Å². The van der Waals surface area contributed by atoms with Crippen LogP contribution in [-0.4, -0.2) is 34.6 Å². The molecule has 0 bridgehead atoms. The molecular formula is C8H15NO2. The number of rotatable bonds is 2. The highest BCUT2D eigenvalue weighted by Crippen LogP contribution is 2.27. The molecule has 0 unspecified atom stereocenters. The minimum Gasteiger partial charge on any atom is -0.381 e. The predicted molar refractivity (Wildman–Crippen MR) is 42.1 cm³/mol. The van der Waals surface area contributed by atoms with Crippen LogP contribution in [0.3, 0.4) is 0 Å². The predicted octanol–water partition coefficient (Wildman–Crippen LogP) is 0.378. The number of amides is 1. The standard InChI is InChI=1S/C8H15NO2/c1-8(2,11)7(10)9(3)6-4-5-6/h6,11H,4-5H2,1-3H3. The van der Waals surface area contributed by atoms with Gasteiger partial charge in [0, 0.05) is 13.1 Å². The molecule has 11 heavy (non-hydrogen) atoms. The van der Waals surface area contributed by atoms with E-state index in [0.29, 0.717) is 6.04 Å². The van der Waals surface area contributed by atoms with Crippen LogP contribution in [0.2, 0.25) is 0 Å². The number of likely N-dealkylation sites (N-methyl/N-ethyl adjacent to an activating group) is 1. The fourth-order valence-electron chi connectivity index (χ4n) is 1.06. The molecule has 1 saturated carbocycles. The second-order valence-corrected chi connectivity index (χ2v) is 3.71. The Morgan fingerprint density at radius 3 is 2.27 bits per heavy atom. The van der Waals surface area contributed by atoms with Gasteiger partial charge in [-0.15, -0.1) is 0 Å². The number of hydrogen-bond donors (Lipinski definition) is 1. The molecule has 0 heterocycles. The highest BCUT2D eigenvalue weighted by Gasteiger charge is 2.35. The summed E-state index contributed by atoms with van der Waals surface area (Å²) in [6.45, 7) is 3.04. The monoisotopic (exact) mass is 157 g/mol. The summed E-state index contributed by atoms with van der Waals surface area (Å²) < 4.78 is 0. The smallest absolute Gasteiger partial charge is 0.253 e. The summed E-state index contributed by atoms with van der Waals surface area (Å²) in [5.41, 5.74) is -1.21. The van der Waals surface area contributed by atoms with Crippen LogP contribution < -0.4 is 0 Å². The summed E-state index contributed by atoms with van der Waals surface area (Å²) in [4.78, 5) is 13.0. The lowest BCUT2D eigenvalue weighted by Gasteiger charge is -2.24. The van der Waals surface area contributed by atoms with Crippen molar-refractivity contribution in [2.75, 3.05) is 7.05 Å². The zero-order chi connectivity index (χ0) is 8.65. The van der Waals surface area contributed by atoms with Gasteiger partial charge in [0.2, 0.25) is 0 Å². The lowest BCUT2D eigenvalue weighted by molar-refractivity contribution is -0.146. The molecule has 0 radical (unpaired) electrons. The summed E-state index contributed by atoms with van der Waals surface area (Å²) in [6, 6.07) is 0.383.